The predicted molar refractivity (Wildman–Crippen MR) is 58.4 cm³/mol. The van der Waals surface area contributed by atoms with Gasteiger partial charge in [0.1, 0.15) is 6.10 Å². The number of halogens is 2. The predicted octanol–water partition coefficient (Wildman–Crippen LogP) is 2.45. The first kappa shape index (κ1) is 11.5. The summed E-state index contributed by atoms with van der Waals surface area (Å²) in [7, 11) is 0. The topological polar surface area (TPSA) is 40.5 Å². The molecule has 0 fully saturated rings. The maximum absolute atomic E-state index is 9.58. The number of aryl methyl sites for hydroxylation is 1. The highest BCUT2D eigenvalue weighted by Crippen LogP contribution is 2.32. The summed E-state index contributed by atoms with van der Waals surface area (Å²) in [5.74, 6) is 0.0374. The van der Waals surface area contributed by atoms with Crippen molar-refractivity contribution in [3.63, 3.8) is 0 Å². The van der Waals surface area contributed by atoms with E-state index in [2.05, 4.69) is 15.9 Å². The van der Waals surface area contributed by atoms with Crippen LogP contribution in [0, 0.1) is 6.92 Å². The Morgan fingerprint density at radius 2 is 2.23 bits per heavy atom. The maximum atomic E-state index is 9.58. The van der Waals surface area contributed by atoms with Gasteiger partial charge in [-0.1, -0.05) is 0 Å². The third kappa shape index (κ3) is 2.67. The molecule has 2 N–H and O–H groups in total. The van der Waals surface area contributed by atoms with E-state index >= 15 is 0 Å². The van der Waals surface area contributed by atoms with Crippen molar-refractivity contribution in [2.45, 2.75) is 19.1 Å². The van der Waals surface area contributed by atoms with Crippen LogP contribution < -0.4 is 0 Å². The second kappa shape index (κ2) is 4.75. The lowest BCUT2D eigenvalue weighted by Crippen LogP contribution is -2.18. The highest BCUT2D eigenvalue weighted by Gasteiger charge is 2.19. The van der Waals surface area contributed by atoms with Gasteiger partial charge in [-0.3, -0.25) is 0 Å². The molecule has 74 valence electrons. The first-order valence-electron chi connectivity index (χ1n) is 3.74. The molecule has 0 aliphatic carbocycles. The Labute approximate surface area is 94.3 Å². The molecule has 1 aromatic heterocycles. The molecule has 1 rings (SSSR count). The van der Waals surface area contributed by atoms with E-state index in [9.17, 15) is 10.2 Å². The minimum absolute atomic E-state index is 0.0374. The van der Waals surface area contributed by atoms with Gasteiger partial charge in [0.2, 0.25) is 0 Å². The zero-order chi connectivity index (χ0) is 10.0. The van der Waals surface area contributed by atoms with E-state index in [-0.39, 0.29) is 5.88 Å². The average molecular weight is 286 g/mol. The Hall–Kier alpha value is 0.390. The lowest BCUT2D eigenvalue weighted by atomic mass is 10.2. The smallest absolute Gasteiger partial charge is 0.115 e. The Morgan fingerprint density at radius 3 is 2.62 bits per heavy atom. The molecule has 1 aromatic rings. The van der Waals surface area contributed by atoms with E-state index in [0.717, 1.165) is 14.2 Å². The van der Waals surface area contributed by atoms with Gasteiger partial charge in [0, 0.05) is 4.88 Å². The summed E-state index contributed by atoms with van der Waals surface area (Å²) < 4.78 is 0.975. The third-order valence-corrected chi connectivity index (χ3v) is 4.21. The molecule has 0 aliphatic heterocycles. The maximum Gasteiger partial charge on any atom is 0.115 e. The molecular formula is C8H10BrClO2S. The molecule has 0 saturated carbocycles. The molecule has 0 amide bonds. The quantitative estimate of drug-likeness (QED) is 0.838. The van der Waals surface area contributed by atoms with E-state index in [1.54, 1.807) is 0 Å². The van der Waals surface area contributed by atoms with Crippen LogP contribution in [0.25, 0.3) is 0 Å². The van der Waals surface area contributed by atoms with Crippen LogP contribution in [0.4, 0.5) is 0 Å². The van der Waals surface area contributed by atoms with E-state index in [0.29, 0.717) is 0 Å². The highest BCUT2D eigenvalue weighted by molar-refractivity contribution is 9.11. The van der Waals surface area contributed by atoms with Gasteiger partial charge in [-0.2, -0.15) is 0 Å². The molecular weight excluding hydrogens is 276 g/mol. The van der Waals surface area contributed by atoms with Crippen molar-refractivity contribution in [2.24, 2.45) is 0 Å². The highest BCUT2D eigenvalue weighted by atomic mass is 79.9. The summed E-state index contributed by atoms with van der Waals surface area (Å²) >= 11 is 10.2. The van der Waals surface area contributed by atoms with E-state index in [4.69, 9.17) is 11.6 Å². The van der Waals surface area contributed by atoms with E-state index < -0.39 is 12.2 Å². The molecule has 13 heavy (non-hydrogen) atoms. The van der Waals surface area contributed by atoms with Crippen LogP contribution in [0.1, 0.15) is 16.5 Å². The second-order valence-electron chi connectivity index (χ2n) is 2.77. The van der Waals surface area contributed by atoms with E-state index in [1.165, 1.54) is 11.3 Å². The molecule has 2 unspecified atom stereocenters. The van der Waals surface area contributed by atoms with Gasteiger partial charge >= 0.3 is 0 Å². The molecule has 1 heterocycles. The number of aliphatic hydroxyl groups excluding tert-OH is 2. The normalized spacial score (nSPS) is 15.8. The summed E-state index contributed by atoms with van der Waals surface area (Å²) in [6, 6.07) is 1.84. The Morgan fingerprint density at radius 1 is 1.62 bits per heavy atom. The van der Waals surface area contributed by atoms with Crippen LogP contribution in [0.2, 0.25) is 0 Å². The summed E-state index contributed by atoms with van der Waals surface area (Å²) in [6.07, 6.45) is -1.78. The molecule has 2 nitrogen and oxygen atoms in total. The lowest BCUT2D eigenvalue weighted by molar-refractivity contribution is 0.0350. The third-order valence-electron chi connectivity index (χ3n) is 1.69. The van der Waals surface area contributed by atoms with Crippen molar-refractivity contribution < 1.29 is 10.2 Å². The van der Waals surface area contributed by atoms with Crippen molar-refractivity contribution in [2.75, 3.05) is 5.88 Å². The van der Waals surface area contributed by atoms with Crippen molar-refractivity contribution in [3.8, 4) is 0 Å². The van der Waals surface area contributed by atoms with Gasteiger partial charge in [0.15, 0.2) is 0 Å². The van der Waals surface area contributed by atoms with Crippen molar-refractivity contribution >= 4 is 38.9 Å². The number of hydrogen-bond donors (Lipinski definition) is 2. The van der Waals surface area contributed by atoms with Gasteiger partial charge in [-0.25, -0.2) is 0 Å². The standard InChI is InChI=1S/C8H10BrClO2S/c1-4-2-6(13-8(4)9)7(12)5(11)3-10/h2,5,7,11-12H,3H2,1H3. The summed E-state index contributed by atoms with van der Waals surface area (Å²) in [6.45, 7) is 1.93. The van der Waals surface area contributed by atoms with Gasteiger partial charge in [-0.15, -0.1) is 22.9 Å². The van der Waals surface area contributed by atoms with Crippen molar-refractivity contribution in [1.29, 1.82) is 0 Å². The molecule has 2 atom stereocenters. The number of alkyl halides is 1. The Bertz CT molecular complexity index is 270. The van der Waals surface area contributed by atoms with Crippen LogP contribution in [0.5, 0.6) is 0 Å². The fourth-order valence-corrected chi connectivity index (χ4v) is 2.69. The minimum atomic E-state index is -0.897. The molecule has 0 bridgehead atoms. The van der Waals surface area contributed by atoms with Crippen LogP contribution in [0.3, 0.4) is 0 Å². The van der Waals surface area contributed by atoms with E-state index in [1.807, 2.05) is 13.0 Å². The molecule has 0 radical (unpaired) electrons. The van der Waals surface area contributed by atoms with Gasteiger partial charge in [0.05, 0.1) is 15.8 Å². The molecule has 5 heteroatoms. The van der Waals surface area contributed by atoms with Crippen LogP contribution in [-0.2, 0) is 0 Å². The van der Waals surface area contributed by atoms with Crippen molar-refractivity contribution in [3.05, 3.63) is 20.3 Å². The molecule has 0 aromatic carbocycles. The van der Waals surface area contributed by atoms with Gasteiger partial charge in [-0.05, 0) is 34.5 Å². The molecule has 0 saturated heterocycles. The second-order valence-corrected chi connectivity index (χ2v) is 5.48. The summed E-state index contributed by atoms with van der Waals surface area (Å²) in [5.41, 5.74) is 1.06. The van der Waals surface area contributed by atoms with Crippen LogP contribution in [-0.4, -0.2) is 22.2 Å². The number of hydrogen-bond acceptors (Lipinski definition) is 3. The Balaban J connectivity index is 2.82. The summed E-state index contributed by atoms with van der Waals surface area (Å²) in [4.78, 5) is 0.734. The largest absolute Gasteiger partial charge is 0.389 e. The van der Waals surface area contributed by atoms with Crippen LogP contribution in [0.15, 0.2) is 9.85 Å². The average Bonchev–Trinajstić information content (AvgIpc) is 2.44. The molecule has 0 spiro atoms. The summed E-state index contributed by atoms with van der Waals surface area (Å²) in [5, 5.41) is 18.9. The molecule has 0 aliphatic rings. The number of rotatable bonds is 3. The first-order chi connectivity index (χ1) is 6.06. The minimum Gasteiger partial charge on any atom is -0.389 e. The van der Waals surface area contributed by atoms with Gasteiger partial charge in [0.25, 0.3) is 0 Å². The number of aliphatic hydroxyl groups is 2. The van der Waals surface area contributed by atoms with Gasteiger partial charge < -0.3 is 10.2 Å². The SMILES string of the molecule is Cc1cc(C(O)C(O)CCl)sc1Br. The number of thiophene rings is 1. The fraction of sp³-hybridized carbons (Fsp3) is 0.500. The first-order valence-corrected chi connectivity index (χ1v) is 5.88. The van der Waals surface area contributed by atoms with Crippen molar-refractivity contribution in [1.82, 2.24) is 0 Å². The van der Waals surface area contributed by atoms with Crippen LogP contribution >= 0.6 is 38.9 Å². The lowest BCUT2D eigenvalue weighted by Gasteiger charge is -2.12. The zero-order valence-electron chi connectivity index (χ0n) is 7.00. The Kier molecular flexibility index (Phi) is 4.19. The zero-order valence-corrected chi connectivity index (χ0v) is 10.2. The fourth-order valence-electron chi connectivity index (χ4n) is 0.903. The monoisotopic (exact) mass is 284 g/mol.